The maximum absolute atomic E-state index is 15.1. The Labute approximate surface area is 191 Å². The molecule has 0 spiro atoms. The fourth-order valence-corrected chi connectivity index (χ4v) is 3.99. The second-order valence-electron chi connectivity index (χ2n) is 8.32. The molecule has 0 aliphatic carbocycles. The smallest absolute Gasteiger partial charge is 0.146 e. The summed E-state index contributed by atoms with van der Waals surface area (Å²) >= 11 is 0. The summed E-state index contributed by atoms with van der Waals surface area (Å²) < 4.78 is 15.1. The Bertz CT molecular complexity index is 1250. The highest BCUT2D eigenvalue weighted by Gasteiger charge is 2.07. The molecule has 0 atom stereocenters. The summed E-state index contributed by atoms with van der Waals surface area (Å²) in [4.78, 5) is 0. The summed E-state index contributed by atoms with van der Waals surface area (Å²) in [6.07, 6.45) is 5.70. The van der Waals surface area contributed by atoms with E-state index < -0.39 is 0 Å². The van der Waals surface area contributed by atoms with Crippen molar-refractivity contribution < 1.29 is 4.39 Å². The molecule has 0 aliphatic heterocycles. The summed E-state index contributed by atoms with van der Waals surface area (Å²) in [5.41, 5.74) is 6.27. The predicted octanol–water partition coefficient (Wildman–Crippen LogP) is 8.34. The Kier molecular flexibility index (Phi) is 7.03. The molecule has 0 heterocycles. The minimum atomic E-state index is -0.234. The van der Waals surface area contributed by atoms with Crippen molar-refractivity contribution in [3.8, 4) is 23.0 Å². The number of unbranched alkanes of at least 4 members (excludes halogenated alkanes) is 2. The van der Waals surface area contributed by atoms with Crippen LogP contribution < -0.4 is 0 Å². The van der Waals surface area contributed by atoms with Crippen LogP contribution in [0, 0.1) is 17.7 Å². The van der Waals surface area contributed by atoms with Crippen LogP contribution in [0.3, 0.4) is 0 Å². The Balaban J connectivity index is 1.52. The molecule has 4 rings (SSSR count). The van der Waals surface area contributed by atoms with Crippen molar-refractivity contribution in [2.45, 2.75) is 46.0 Å². The Morgan fingerprint density at radius 1 is 0.688 bits per heavy atom. The fourth-order valence-electron chi connectivity index (χ4n) is 3.99. The van der Waals surface area contributed by atoms with Crippen LogP contribution in [-0.4, -0.2) is 0 Å². The predicted molar refractivity (Wildman–Crippen MR) is 134 cm³/mol. The van der Waals surface area contributed by atoms with Gasteiger partial charge in [0.25, 0.3) is 0 Å². The molecule has 0 amide bonds. The molecule has 32 heavy (non-hydrogen) atoms. The van der Waals surface area contributed by atoms with Gasteiger partial charge in [0.1, 0.15) is 5.82 Å². The van der Waals surface area contributed by atoms with E-state index in [-0.39, 0.29) is 5.82 Å². The van der Waals surface area contributed by atoms with E-state index in [4.69, 9.17) is 0 Å². The second-order valence-corrected chi connectivity index (χ2v) is 8.32. The van der Waals surface area contributed by atoms with E-state index >= 15 is 4.39 Å². The van der Waals surface area contributed by atoms with Gasteiger partial charge < -0.3 is 0 Å². The lowest BCUT2D eigenvalue weighted by molar-refractivity contribution is 0.636. The molecule has 4 aromatic rings. The van der Waals surface area contributed by atoms with Gasteiger partial charge in [-0.2, -0.15) is 0 Å². The van der Waals surface area contributed by atoms with Crippen LogP contribution in [0.5, 0.6) is 0 Å². The molecule has 1 heteroatoms. The molecule has 0 bridgehead atoms. The van der Waals surface area contributed by atoms with Gasteiger partial charge in [0.15, 0.2) is 0 Å². The Hall–Kier alpha value is -3.37. The van der Waals surface area contributed by atoms with Gasteiger partial charge in [-0.3, -0.25) is 0 Å². The number of aryl methyl sites for hydroxylation is 2. The van der Waals surface area contributed by atoms with Gasteiger partial charge in [-0.25, -0.2) is 4.39 Å². The van der Waals surface area contributed by atoms with Gasteiger partial charge in [-0.1, -0.05) is 99.2 Å². The topological polar surface area (TPSA) is 0 Å². The molecule has 0 nitrogen and oxygen atoms in total. The second kappa shape index (κ2) is 10.3. The molecular weight excluding hydrogens is 391 g/mol. The third-order valence-electron chi connectivity index (χ3n) is 6.01. The average Bonchev–Trinajstić information content (AvgIpc) is 2.84. The van der Waals surface area contributed by atoms with E-state index in [1.54, 1.807) is 6.07 Å². The van der Waals surface area contributed by atoms with Crippen LogP contribution >= 0.6 is 0 Å². The van der Waals surface area contributed by atoms with E-state index in [1.807, 2.05) is 30.3 Å². The van der Waals surface area contributed by atoms with Gasteiger partial charge >= 0.3 is 0 Å². The lowest BCUT2D eigenvalue weighted by Crippen LogP contribution is -1.90. The van der Waals surface area contributed by atoms with E-state index in [2.05, 4.69) is 68.2 Å². The number of fused-ring (bicyclic) bond motifs is 1. The van der Waals surface area contributed by atoms with Crippen molar-refractivity contribution in [3.63, 3.8) is 0 Å². The fraction of sp³-hybridized carbons (Fsp3) is 0.226. The molecule has 0 aromatic heterocycles. The number of benzene rings is 4. The maximum atomic E-state index is 15.1. The van der Waals surface area contributed by atoms with Crippen molar-refractivity contribution in [1.82, 2.24) is 0 Å². The molecule has 0 saturated heterocycles. The van der Waals surface area contributed by atoms with Gasteiger partial charge in [0.05, 0.1) is 5.56 Å². The monoisotopic (exact) mass is 420 g/mol. The van der Waals surface area contributed by atoms with Crippen LogP contribution in [0.25, 0.3) is 21.9 Å². The highest BCUT2D eigenvalue weighted by atomic mass is 19.1. The van der Waals surface area contributed by atoms with Crippen LogP contribution in [0.4, 0.5) is 4.39 Å². The molecule has 0 aliphatic rings. The van der Waals surface area contributed by atoms with Crippen molar-refractivity contribution in [2.75, 3.05) is 0 Å². The zero-order valence-electron chi connectivity index (χ0n) is 18.9. The largest absolute Gasteiger partial charge is 0.205 e. The van der Waals surface area contributed by atoms with Crippen LogP contribution in [0.1, 0.15) is 55.4 Å². The normalized spacial score (nSPS) is 10.7. The van der Waals surface area contributed by atoms with Crippen molar-refractivity contribution in [3.05, 3.63) is 107 Å². The van der Waals surface area contributed by atoms with E-state index in [9.17, 15) is 0 Å². The van der Waals surface area contributed by atoms with Crippen LogP contribution in [0.15, 0.2) is 78.9 Å². The zero-order chi connectivity index (χ0) is 22.3. The number of rotatable bonds is 6. The van der Waals surface area contributed by atoms with Gasteiger partial charge in [0, 0.05) is 10.9 Å². The first kappa shape index (κ1) is 21.8. The minimum absolute atomic E-state index is 0.234. The summed E-state index contributed by atoms with van der Waals surface area (Å²) in [5, 5.41) is 1.59. The van der Waals surface area contributed by atoms with E-state index in [0.29, 0.717) is 10.9 Å². The third kappa shape index (κ3) is 5.09. The summed E-state index contributed by atoms with van der Waals surface area (Å²) in [6, 6.07) is 26.6. The molecule has 0 fully saturated rings. The van der Waals surface area contributed by atoms with Gasteiger partial charge in [-0.15, -0.1) is 0 Å². The molecule has 0 saturated carbocycles. The molecule has 160 valence electrons. The van der Waals surface area contributed by atoms with Crippen LogP contribution in [-0.2, 0) is 12.8 Å². The lowest BCUT2D eigenvalue weighted by atomic mass is 10.00. The minimum Gasteiger partial charge on any atom is -0.205 e. The van der Waals surface area contributed by atoms with Crippen molar-refractivity contribution in [1.29, 1.82) is 0 Å². The SMILES string of the molecule is CCCCCc1ccc2c(F)c(C#Cc3ccc(-c4ccc(CC)cc4)cc3)ccc2c1. The maximum Gasteiger partial charge on any atom is 0.146 e. The quantitative estimate of drug-likeness (QED) is 0.217. The summed E-state index contributed by atoms with van der Waals surface area (Å²) in [6.45, 7) is 4.37. The Morgan fingerprint density at radius 2 is 1.38 bits per heavy atom. The Morgan fingerprint density at radius 3 is 2.06 bits per heavy atom. The summed E-state index contributed by atoms with van der Waals surface area (Å²) in [7, 11) is 0. The van der Waals surface area contributed by atoms with Crippen molar-refractivity contribution in [2.24, 2.45) is 0 Å². The first-order valence-corrected chi connectivity index (χ1v) is 11.6. The number of hydrogen-bond donors (Lipinski definition) is 0. The number of halogens is 1. The van der Waals surface area contributed by atoms with Gasteiger partial charge in [-0.05, 0) is 65.1 Å². The first-order valence-electron chi connectivity index (χ1n) is 11.6. The van der Waals surface area contributed by atoms with E-state index in [1.165, 1.54) is 36.0 Å². The van der Waals surface area contributed by atoms with E-state index in [0.717, 1.165) is 29.4 Å². The molecule has 0 unspecified atom stereocenters. The molecular formula is C31H29F. The van der Waals surface area contributed by atoms with Gasteiger partial charge in [0.2, 0.25) is 0 Å². The zero-order valence-corrected chi connectivity index (χ0v) is 18.9. The molecule has 4 aromatic carbocycles. The first-order chi connectivity index (χ1) is 15.7. The highest BCUT2D eigenvalue weighted by Crippen LogP contribution is 2.24. The standard InChI is InChI=1S/C31H29F/c1-3-5-6-7-25-13-21-30-29(22-25)20-19-28(31(30)32)18-12-24-10-16-27(17-11-24)26-14-8-23(4-2)9-15-26/h8-11,13-17,19-22H,3-7H2,1-2H3. The lowest BCUT2D eigenvalue weighted by Gasteiger charge is -2.06. The number of hydrogen-bond acceptors (Lipinski definition) is 0. The highest BCUT2D eigenvalue weighted by molar-refractivity contribution is 5.85. The molecule has 0 N–H and O–H groups in total. The average molecular weight is 421 g/mol. The summed E-state index contributed by atoms with van der Waals surface area (Å²) in [5.74, 6) is 5.91. The third-order valence-corrected chi connectivity index (χ3v) is 6.01. The molecule has 0 radical (unpaired) electrons. The van der Waals surface area contributed by atoms with Crippen molar-refractivity contribution >= 4 is 10.8 Å². The van der Waals surface area contributed by atoms with Crippen LogP contribution in [0.2, 0.25) is 0 Å².